The van der Waals surface area contributed by atoms with Crippen molar-refractivity contribution in [2.24, 2.45) is 28.0 Å². The van der Waals surface area contributed by atoms with Crippen LogP contribution < -0.4 is 16.4 Å². The van der Waals surface area contributed by atoms with Gasteiger partial charge in [0.05, 0.1) is 12.5 Å². The van der Waals surface area contributed by atoms with Gasteiger partial charge < -0.3 is 26.2 Å². The summed E-state index contributed by atoms with van der Waals surface area (Å²) in [6.07, 6.45) is 1.13. The first-order valence-electron chi connectivity index (χ1n) is 10.8. The summed E-state index contributed by atoms with van der Waals surface area (Å²) in [5, 5.41) is 6.27. The molecule has 2 fully saturated rings. The number of carbonyl (C=O) groups excluding carboxylic acids is 3. The molecule has 9 heteroatoms. The molecule has 30 heavy (non-hydrogen) atoms. The minimum absolute atomic E-state index is 0.109. The zero-order chi connectivity index (χ0) is 21.9. The molecular weight excluding hydrogens is 384 g/mol. The Hall–Kier alpha value is -2.42. The highest BCUT2D eigenvalue weighted by molar-refractivity contribution is 5.96. The van der Waals surface area contributed by atoms with Crippen LogP contribution in [0.15, 0.2) is 17.1 Å². The molecule has 9 nitrogen and oxygen atoms in total. The van der Waals surface area contributed by atoms with Crippen molar-refractivity contribution in [3.8, 4) is 0 Å². The predicted molar refractivity (Wildman–Crippen MR) is 115 cm³/mol. The third-order valence-electron chi connectivity index (χ3n) is 6.12. The fourth-order valence-corrected chi connectivity index (χ4v) is 4.61. The molecule has 0 saturated carbocycles. The summed E-state index contributed by atoms with van der Waals surface area (Å²) in [5.41, 5.74) is 5.55. The van der Waals surface area contributed by atoms with E-state index in [9.17, 15) is 14.4 Å². The van der Waals surface area contributed by atoms with E-state index in [1.807, 2.05) is 18.7 Å². The molecule has 166 valence electrons. The maximum atomic E-state index is 12.9. The fraction of sp³-hybridized carbons (Fsp3) is 0.714. The van der Waals surface area contributed by atoms with Gasteiger partial charge in [0.25, 0.3) is 0 Å². The second-order valence-electron chi connectivity index (χ2n) is 9.07. The molecule has 3 aliphatic heterocycles. The molecule has 0 aromatic carbocycles. The summed E-state index contributed by atoms with van der Waals surface area (Å²) >= 11 is 0. The summed E-state index contributed by atoms with van der Waals surface area (Å²) < 4.78 is 0. The van der Waals surface area contributed by atoms with Gasteiger partial charge in [-0.05, 0) is 12.8 Å². The molecule has 3 aliphatic rings. The van der Waals surface area contributed by atoms with Crippen LogP contribution in [0.4, 0.5) is 0 Å². The van der Waals surface area contributed by atoms with Crippen LogP contribution in [0.3, 0.4) is 0 Å². The summed E-state index contributed by atoms with van der Waals surface area (Å²) in [6, 6.07) is 0. The molecule has 3 rings (SSSR count). The standard InChI is InChI=1S/C21H34N6O3/c1-14-10-15(12-26(8-4-22)19(14)29)18(28)25-7-9-27-13-16(17-23-5-6-24-17)11-21(2,3)20(27)30/h15-16H,1,4-13,22H2,2-3H3,(H,23,24)(H,25,28). The highest BCUT2D eigenvalue weighted by atomic mass is 16.2. The molecule has 0 aromatic rings. The zero-order valence-corrected chi connectivity index (χ0v) is 18.1. The van der Waals surface area contributed by atoms with Crippen molar-refractivity contribution < 1.29 is 14.4 Å². The lowest BCUT2D eigenvalue weighted by atomic mass is 9.77. The maximum Gasteiger partial charge on any atom is 0.249 e. The molecule has 2 unspecified atom stereocenters. The van der Waals surface area contributed by atoms with Gasteiger partial charge in [-0.3, -0.25) is 19.4 Å². The number of nitrogens with one attached hydrogen (secondary N) is 2. The van der Waals surface area contributed by atoms with Crippen LogP contribution in [0, 0.1) is 17.3 Å². The number of nitrogens with zero attached hydrogens (tertiary/aromatic N) is 3. The van der Waals surface area contributed by atoms with E-state index in [0.717, 1.165) is 25.3 Å². The number of rotatable bonds is 7. The second kappa shape index (κ2) is 9.16. The Bertz CT molecular complexity index is 747. The van der Waals surface area contributed by atoms with Gasteiger partial charge in [-0.1, -0.05) is 20.4 Å². The Balaban J connectivity index is 1.54. The fourth-order valence-electron chi connectivity index (χ4n) is 4.61. The quantitative estimate of drug-likeness (QED) is 0.474. The van der Waals surface area contributed by atoms with Crippen LogP contribution in [0.2, 0.25) is 0 Å². The van der Waals surface area contributed by atoms with Gasteiger partial charge in [-0.2, -0.15) is 0 Å². The summed E-state index contributed by atoms with van der Waals surface area (Å²) in [7, 11) is 0. The molecule has 3 amide bonds. The Labute approximate surface area is 178 Å². The topological polar surface area (TPSA) is 120 Å². The summed E-state index contributed by atoms with van der Waals surface area (Å²) in [5.74, 6) is 0.730. The molecule has 0 spiro atoms. The van der Waals surface area contributed by atoms with Crippen molar-refractivity contribution in [1.82, 2.24) is 20.4 Å². The van der Waals surface area contributed by atoms with Crippen LogP contribution in [-0.4, -0.2) is 85.7 Å². The highest BCUT2D eigenvalue weighted by Crippen LogP contribution is 2.34. The van der Waals surface area contributed by atoms with Crippen LogP contribution in [0.1, 0.15) is 26.7 Å². The smallest absolute Gasteiger partial charge is 0.249 e. The number of carbonyl (C=O) groups is 3. The van der Waals surface area contributed by atoms with Crippen molar-refractivity contribution in [2.45, 2.75) is 26.7 Å². The average molecular weight is 419 g/mol. The van der Waals surface area contributed by atoms with Gasteiger partial charge in [0.15, 0.2) is 0 Å². The number of nitrogens with two attached hydrogens (primary N) is 1. The van der Waals surface area contributed by atoms with Gasteiger partial charge >= 0.3 is 0 Å². The zero-order valence-electron chi connectivity index (χ0n) is 18.1. The van der Waals surface area contributed by atoms with Crippen molar-refractivity contribution >= 4 is 23.6 Å². The first-order valence-corrected chi connectivity index (χ1v) is 10.8. The molecular formula is C21H34N6O3. The van der Waals surface area contributed by atoms with Gasteiger partial charge in [0.2, 0.25) is 17.7 Å². The van der Waals surface area contributed by atoms with Gasteiger partial charge in [-0.15, -0.1) is 0 Å². The van der Waals surface area contributed by atoms with E-state index in [1.165, 1.54) is 0 Å². The normalized spacial score (nSPS) is 26.5. The first kappa shape index (κ1) is 22.3. The van der Waals surface area contributed by atoms with E-state index >= 15 is 0 Å². The third-order valence-corrected chi connectivity index (χ3v) is 6.12. The lowest BCUT2D eigenvalue weighted by molar-refractivity contribution is -0.145. The number of amides is 3. The van der Waals surface area contributed by atoms with E-state index in [1.54, 1.807) is 4.90 Å². The Morgan fingerprint density at radius 2 is 2.07 bits per heavy atom. The lowest BCUT2D eigenvalue weighted by Gasteiger charge is -2.41. The number of amidine groups is 1. The molecule has 2 atom stereocenters. The van der Waals surface area contributed by atoms with Crippen molar-refractivity contribution in [3.63, 3.8) is 0 Å². The number of hydrogen-bond donors (Lipinski definition) is 3. The second-order valence-corrected chi connectivity index (χ2v) is 9.07. The van der Waals surface area contributed by atoms with Crippen LogP contribution in [0.25, 0.3) is 0 Å². The van der Waals surface area contributed by atoms with E-state index in [2.05, 4.69) is 22.2 Å². The molecule has 4 N–H and O–H groups in total. The van der Waals surface area contributed by atoms with Crippen molar-refractivity contribution in [3.05, 3.63) is 12.2 Å². The maximum absolute atomic E-state index is 12.9. The Morgan fingerprint density at radius 1 is 1.30 bits per heavy atom. The summed E-state index contributed by atoms with van der Waals surface area (Å²) in [4.78, 5) is 45.6. The molecule has 0 aromatic heterocycles. The molecule has 0 aliphatic carbocycles. The third kappa shape index (κ3) is 4.83. The van der Waals surface area contributed by atoms with Crippen LogP contribution in [-0.2, 0) is 14.4 Å². The summed E-state index contributed by atoms with van der Waals surface area (Å²) in [6.45, 7) is 11.9. The predicted octanol–water partition coefficient (Wildman–Crippen LogP) is -0.658. The number of hydrogen-bond acceptors (Lipinski definition) is 6. The number of likely N-dealkylation sites (tertiary alicyclic amines) is 2. The molecule has 0 radical (unpaired) electrons. The van der Waals surface area contributed by atoms with Crippen LogP contribution >= 0.6 is 0 Å². The molecule has 3 heterocycles. The molecule has 2 saturated heterocycles. The lowest BCUT2D eigenvalue weighted by Crippen LogP contribution is -2.54. The van der Waals surface area contributed by atoms with Crippen LogP contribution in [0.5, 0.6) is 0 Å². The van der Waals surface area contributed by atoms with E-state index in [4.69, 9.17) is 5.73 Å². The van der Waals surface area contributed by atoms with Crippen molar-refractivity contribution in [2.75, 3.05) is 52.4 Å². The number of aliphatic imine (C=N–C) groups is 1. The largest absolute Gasteiger partial charge is 0.372 e. The van der Waals surface area contributed by atoms with Gasteiger partial charge in [0, 0.05) is 62.7 Å². The van der Waals surface area contributed by atoms with Gasteiger partial charge in [0.1, 0.15) is 5.84 Å². The Morgan fingerprint density at radius 3 is 2.73 bits per heavy atom. The Kier molecular flexibility index (Phi) is 6.80. The van der Waals surface area contributed by atoms with E-state index in [-0.39, 0.29) is 29.6 Å². The van der Waals surface area contributed by atoms with E-state index in [0.29, 0.717) is 51.3 Å². The van der Waals surface area contributed by atoms with E-state index < -0.39 is 5.41 Å². The SMILES string of the molecule is C=C1CC(C(=O)NCCN2CC(C3=NCCN3)CC(C)(C)C2=O)CN(CCN)C1=O. The highest BCUT2D eigenvalue weighted by Gasteiger charge is 2.42. The molecule has 0 bridgehead atoms. The van der Waals surface area contributed by atoms with Gasteiger partial charge in [-0.25, -0.2) is 0 Å². The minimum atomic E-state index is -0.454. The minimum Gasteiger partial charge on any atom is -0.372 e. The van der Waals surface area contributed by atoms with Crippen molar-refractivity contribution in [1.29, 1.82) is 0 Å². The first-order chi connectivity index (χ1) is 14.2. The number of piperidine rings is 2. The monoisotopic (exact) mass is 418 g/mol. The average Bonchev–Trinajstić information content (AvgIpc) is 3.23.